The van der Waals surface area contributed by atoms with Crippen molar-refractivity contribution in [2.75, 3.05) is 18.4 Å². The van der Waals surface area contributed by atoms with E-state index >= 15 is 0 Å². The number of thiocarbonyl (C=S) groups is 1. The van der Waals surface area contributed by atoms with E-state index in [-0.39, 0.29) is 18.1 Å². The Hall–Kier alpha value is -2.18. The zero-order valence-electron chi connectivity index (χ0n) is 12.7. The first-order chi connectivity index (χ1) is 11.0. The molecule has 3 N–H and O–H groups in total. The van der Waals surface area contributed by atoms with Gasteiger partial charge in [0.2, 0.25) is 0 Å². The summed E-state index contributed by atoms with van der Waals surface area (Å²) in [6.45, 7) is 2.81. The molecule has 2 aromatic rings. The Bertz CT molecular complexity index is 664. The Kier molecular flexibility index (Phi) is 5.90. The maximum atomic E-state index is 12.9. The van der Waals surface area contributed by atoms with Crippen molar-refractivity contribution in [1.82, 2.24) is 4.90 Å². The molecule has 0 radical (unpaired) electrons. The van der Waals surface area contributed by atoms with Crippen LogP contribution in [0.1, 0.15) is 18.6 Å². The number of benzene rings is 2. The molecule has 2 aromatic carbocycles. The summed E-state index contributed by atoms with van der Waals surface area (Å²) < 4.78 is 12.9. The third-order valence-electron chi connectivity index (χ3n) is 3.41. The van der Waals surface area contributed by atoms with E-state index in [1.165, 1.54) is 18.2 Å². The molecular weight excluding hydrogens is 315 g/mol. The number of nitrogens with zero attached hydrogens (tertiary/aromatic N) is 1. The van der Waals surface area contributed by atoms with Gasteiger partial charge in [-0.05, 0) is 61.1 Å². The Balaban J connectivity index is 2.01. The molecular formula is C17H19FN2O2S. The predicted molar refractivity (Wildman–Crippen MR) is 92.9 cm³/mol. The minimum atomic E-state index is -0.782. The first kappa shape index (κ1) is 17.2. The van der Waals surface area contributed by atoms with Crippen LogP contribution in [0, 0.1) is 5.82 Å². The van der Waals surface area contributed by atoms with E-state index in [4.69, 9.17) is 12.2 Å². The summed E-state index contributed by atoms with van der Waals surface area (Å²) in [5.74, 6) is -0.204. The van der Waals surface area contributed by atoms with Crippen molar-refractivity contribution >= 4 is 23.0 Å². The molecule has 0 aliphatic rings. The van der Waals surface area contributed by atoms with Gasteiger partial charge in [0.05, 0.1) is 12.6 Å². The van der Waals surface area contributed by atoms with Crippen LogP contribution in [0.4, 0.5) is 10.1 Å². The van der Waals surface area contributed by atoms with Crippen molar-refractivity contribution in [1.29, 1.82) is 0 Å². The Labute approximate surface area is 140 Å². The van der Waals surface area contributed by atoms with Crippen LogP contribution < -0.4 is 5.32 Å². The fraction of sp³-hybridized carbons (Fsp3) is 0.235. The summed E-state index contributed by atoms with van der Waals surface area (Å²) in [6, 6.07) is 12.4. The summed E-state index contributed by atoms with van der Waals surface area (Å²) in [6.07, 6.45) is -0.782. The Morgan fingerprint density at radius 1 is 1.26 bits per heavy atom. The van der Waals surface area contributed by atoms with E-state index in [9.17, 15) is 14.6 Å². The van der Waals surface area contributed by atoms with Gasteiger partial charge in [-0.3, -0.25) is 0 Å². The first-order valence-corrected chi connectivity index (χ1v) is 7.69. The number of hydrogen-bond donors (Lipinski definition) is 3. The maximum absolute atomic E-state index is 12.9. The molecule has 0 saturated carbocycles. The number of phenols is 1. The number of nitrogens with one attached hydrogen (secondary N) is 1. The normalized spacial score (nSPS) is 11.8. The quantitative estimate of drug-likeness (QED) is 0.733. The molecule has 6 heteroatoms. The fourth-order valence-electron chi connectivity index (χ4n) is 2.14. The number of hydrogen-bond acceptors (Lipinski definition) is 3. The summed E-state index contributed by atoms with van der Waals surface area (Å²) in [5, 5.41) is 23.3. The van der Waals surface area contributed by atoms with Crippen LogP contribution >= 0.6 is 12.2 Å². The highest BCUT2D eigenvalue weighted by Gasteiger charge is 2.15. The number of aromatic hydroxyl groups is 1. The van der Waals surface area contributed by atoms with Crippen molar-refractivity contribution in [3.63, 3.8) is 0 Å². The lowest BCUT2D eigenvalue weighted by atomic mass is 10.1. The average molecular weight is 334 g/mol. The molecule has 0 amide bonds. The van der Waals surface area contributed by atoms with E-state index in [0.717, 1.165) is 0 Å². The molecule has 0 heterocycles. The van der Waals surface area contributed by atoms with Crippen LogP contribution in [0.15, 0.2) is 48.5 Å². The van der Waals surface area contributed by atoms with Gasteiger partial charge in [-0.1, -0.05) is 12.1 Å². The fourth-order valence-corrected chi connectivity index (χ4v) is 2.46. The lowest BCUT2D eigenvalue weighted by molar-refractivity contribution is 0.146. The van der Waals surface area contributed by atoms with Crippen molar-refractivity contribution in [3.8, 4) is 5.75 Å². The number of anilines is 1. The van der Waals surface area contributed by atoms with Gasteiger partial charge < -0.3 is 20.4 Å². The number of aliphatic hydroxyl groups excluding tert-OH is 1. The van der Waals surface area contributed by atoms with Crippen LogP contribution in [0.25, 0.3) is 0 Å². The summed E-state index contributed by atoms with van der Waals surface area (Å²) >= 11 is 5.34. The zero-order valence-corrected chi connectivity index (χ0v) is 13.6. The highest BCUT2D eigenvalue weighted by atomic mass is 32.1. The number of likely N-dealkylation sites (N-methyl/N-ethyl adjacent to an activating group) is 1. The third-order valence-corrected chi connectivity index (χ3v) is 3.77. The number of rotatable bonds is 5. The molecule has 0 aliphatic carbocycles. The third kappa shape index (κ3) is 4.91. The maximum Gasteiger partial charge on any atom is 0.173 e. The molecule has 0 bridgehead atoms. The molecule has 0 saturated heterocycles. The van der Waals surface area contributed by atoms with Crippen LogP contribution in [0.2, 0.25) is 0 Å². The second-order valence-electron chi connectivity index (χ2n) is 5.09. The first-order valence-electron chi connectivity index (χ1n) is 7.28. The number of halogens is 1. The van der Waals surface area contributed by atoms with Crippen molar-refractivity contribution in [2.24, 2.45) is 0 Å². The molecule has 4 nitrogen and oxygen atoms in total. The van der Waals surface area contributed by atoms with E-state index in [2.05, 4.69) is 5.32 Å². The van der Waals surface area contributed by atoms with E-state index < -0.39 is 6.10 Å². The van der Waals surface area contributed by atoms with Gasteiger partial charge in [-0.15, -0.1) is 0 Å². The van der Waals surface area contributed by atoms with Gasteiger partial charge >= 0.3 is 0 Å². The van der Waals surface area contributed by atoms with Gasteiger partial charge in [0.15, 0.2) is 5.11 Å². The molecule has 2 rings (SSSR count). The molecule has 0 aromatic heterocycles. The minimum Gasteiger partial charge on any atom is -0.508 e. The van der Waals surface area contributed by atoms with Crippen molar-refractivity contribution in [3.05, 3.63) is 59.9 Å². The lowest BCUT2D eigenvalue weighted by Crippen LogP contribution is -2.37. The second kappa shape index (κ2) is 7.89. The molecule has 0 spiro atoms. The molecule has 1 unspecified atom stereocenters. The summed E-state index contributed by atoms with van der Waals surface area (Å²) in [5.41, 5.74) is 1.30. The Morgan fingerprint density at radius 2 is 1.96 bits per heavy atom. The van der Waals surface area contributed by atoms with E-state index in [0.29, 0.717) is 22.9 Å². The molecule has 0 aliphatic heterocycles. The highest BCUT2D eigenvalue weighted by Crippen LogP contribution is 2.19. The van der Waals surface area contributed by atoms with Gasteiger partial charge in [-0.25, -0.2) is 4.39 Å². The minimum absolute atomic E-state index is 0.108. The van der Waals surface area contributed by atoms with Crippen molar-refractivity contribution < 1.29 is 14.6 Å². The SMILES string of the molecule is CCN(CC(O)c1cccc(O)c1)C(=S)Nc1ccc(F)cc1. The topological polar surface area (TPSA) is 55.7 Å². The van der Waals surface area contributed by atoms with Gasteiger partial charge in [0.1, 0.15) is 11.6 Å². The largest absolute Gasteiger partial charge is 0.508 e. The van der Waals surface area contributed by atoms with Gasteiger partial charge in [-0.2, -0.15) is 0 Å². The average Bonchev–Trinajstić information content (AvgIpc) is 2.54. The molecule has 1 atom stereocenters. The van der Waals surface area contributed by atoms with Crippen LogP contribution in [0.3, 0.4) is 0 Å². The number of phenolic OH excluding ortho intramolecular Hbond substituents is 1. The standard InChI is InChI=1S/C17H19FN2O2S/c1-2-20(11-16(22)12-4-3-5-15(21)10-12)17(23)19-14-8-6-13(18)7-9-14/h3-10,16,21-22H,2,11H2,1H3,(H,19,23). The van der Waals surface area contributed by atoms with Gasteiger partial charge in [0, 0.05) is 12.2 Å². The monoisotopic (exact) mass is 334 g/mol. The predicted octanol–water partition coefficient (Wildman–Crippen LogP) is 3.28. The highest BCUT2D eigenvalue weighted by molar-refractivity contribution is 7.80. The van der Waals surface area contributed by atoms with Crippen LogP contribution in [-0.2, 0) is 0 Å². The van der Waals surface area contributed by atoms with Gasteiger partial charge in [0.25, 0.3) is 0 Å². The Morgan fingerprint density at radius 3 is 2.57 bits per heavy atom. The van der Waals surface area contributed by atoms with E-state index in [1.54, 1.807) is 35.2 Å². The molecule has 0 fully saturated rings. The van der Waals surface area contributed by atoms with E-state index in [1.807, 2.05) is 6.92 Å². The van der Waals surface area contributed by atoms with Crippen LogP contribution in [-0.4, -0.2) is 33.3 Å². The smallest absolute Gasteiger partial charge is 0.173 e. The summed E-state index contributed by atoms with van der Waals surface area (Å²) in [7, 11) is 0. The number of aliphatic hydroxyl groups is 1. The zero-order chi connectivity index (χ0) is 16.8. The second-order valence-corrected chi connectivity index (χ2v) is 5.47. The van der Waals surface area contributed by atoms with Crippen molar-refractivity contribution in [2.45, 2.75) is 13.0 Å². The van der Waals surface area contributed by atoms with Crippen LogP contribution in [0.5, 0.6) is 5.75 Å². The lowest BCUT2D eigenvalue weighted by Gasteiger charge is -2.27. The molecule has 23 heavy (non-hydrogen) atoms. The molecule has 122 valence electrons. The summed E-state index contributed by atoms with van der Waals surface area (Å²) in [4.78, 5) is 1.80.